The summed E-state index contributed by atoms with van der Waals surface area (Å²) in [6, 6.07) is 2.84. The molecule has 3 heterocycles. The third-order valence-electron chi connectivity index (χ3n) is 4.52. The molecule has 0 spiro atoms. The van der Waals surface area contributed by atoms with Crippen molar-refractivity contribution in [3.8, 4) is 5.19 Å². The number of likely N-dealkylation sites (N-methyl/N-ethyl adjacent to an activating group) is 1. The Hall–Kier alpha value is -3.61. The molecule has 176 valence electrons. The molecule has 2 amide bonds. The number of pyridine rings is 1. The zero-order valence-electron chi connectivity index (χ0n) is 18.5. The van der Waals surface area contributed by atoms with Gasteiger partial charge in [0.25, 0.3) is 5.19 Å². The molecule has 3 aromatic rings. The zero-order valence-corrected chi connectivity index (χ0v) is 19.4. The fourth-order valence-corrected chi connectivity index (χ4v) is 3.31. The van der Waals surface area contributed by atoms with E-state index in [1.807, 2.05) is 6.92 Å². The first-order valence-corrected chi connectivity index (χ1v) is 11.0. The van der Waals surface area contributed by atoms with E-state index in [2.05, 4.69) is 30.9 Å². The van der Waals surface area contributed by atoms with Crippen LogP contribution in [-0.4, -0.2) is 68.4 Å². The van der Waals surface area contributed by atoms with Crippen LogP contribution in [0.1, 0.15) is 17.1 Å². The molecule has 2 N–H and O–H groups in total. The highest BCUT2D eigenvalue weighted by Crippen LogP contribution is 2.16. The number of ether oxygens (including phenoxy) is 1. The molecule has 33 heavy (non-hydrogen) atoms. The second-order valence-electron chi connectivity index (χ2n) is 7.17. The summed E-state index contributed by atoms with van der Waals surface area (Å²) in [5.41, 5.74) is 1.68. The molecule has 0 aliphatic rings. The van der Waals surface area contributed by atoms with E-state index >= 15 is 0 Å². The van der Waals surface area contributed by atoms with Crippen molar-refractivity contribution >= 4 is 34.5 Å². The number of amides is 2. The lowest BCUT2D eigenvalue weighted by Crippen LogP contribution is -2.33. The maximum absolute atomic E-state index is 13.0. The van der Waals surface area contributed by atoms with Gasteiger partial charge in [-0.15, -0.1) is 10.2 Å². The first-order chi connectivity index (χ1) is 15.8. The Kier molecular flexibility index (Phi) is 8.24. The van der Waals surface area contributed by atoms with Gasteiger partial charge in [0.1, 0.15) is 18.2 Å². The number of carbonyl (C=O) groups is 2. The van der Waals surface area contributed by atoms with Crippen LogP contribution in [-0.2, 0) is 16.1 Å². The van der Waals surface area contributed by atoms with E-state index in [0.29, 0.717) is 42.0 Å². The highest BCUT2D eigenvalue weighted by molar-refractivity contribution is 7.12. The van der Waals surface area contributed by atoms with Crippen molar-refractivity contribution < 1.29 is 18.7 Å². The number of halogens is 1. The van der Waals surface area contributed by atoms with E-state index in [1.54, 1.807) is 26.2 Å². The largest absolute Gasteiger partial charge is 0.467 e. The molecule has 0 bridgehead atoms. The molecular weight excluding hydrogens is 451 g/mol. The normalized spacial score (nSPS) is 10.7. The standard InChI is InChI=1S/C20H25FN8O3S/c1-13-16(4-5-17(21)24-13)22-7-6-18(30)25-15-10-23-29(11-15)12-19(31)28(3)8-9-32-20-27-26-14(2)33-20/h4-5,10-11,22H,6-9,12H2,1-3H3,(H,25,30). The minimum atomic E-state index is -0.547. The lowest BCUT2D eigenvalue weighted by molar-refractivity contribution is -0.131. The summed E-state index contributed by atoms with van der Waals surface area (Å²) in [6.45, 7) is 4.60. The Morgan fingerprint density at radius 1 is 1.27 bits per heavy atom. The van der Waals surface area contributed by atoms with Gasteiger partial charge in [0, 0.05) is 26.2 Å². The van der Waals surface area contributed by atoms with Crippen LogP contribution in [0.3, 0.4) is 0 Å². The van der Waals surface area contributed by atoms with Gasteiger partial charge in [0.15, 0.2) is 0 Å². The molecular formula is C20H25FN8O3S. The summed E-state index contributed by atoms with van der Waals surface area (Å²) in [5, 5.41) is 18.9. The van der Waals surface area contributed by atoms with Crippen LogP contribution in [0.5, 0.6) is 5.19 Å². The quantitative estimate of drug-likeness (QED) is 0.402. The Bertz CT molecular complexity index is 1100. The molecule has 0 saturated carbocycles. The number of anilines is 2. The number of hydrogen-bond donors (Lipinski definition) is 2. The van der Waals surface area contributed by atoms with Crippen molar-refractivity contribution in [2.75, 3.05) is 37.4 Å². The molecule has 3 aromatic heterocycles. The highest BCUT2D eigenvalue weighted by Gasteiger charge is 2.12. The van der Waals surface area contributed by atoms with Crippen molar-refractivity contribution in [2.45, 2.75) is 26.8 Å². The first kappa shape index (κ1) is 24.0. The summed E-state index contributed by atoms with van der Waals surface area (Å²) < 4.78 is 20.0. The molecule has 0 aromatic carbocycles. The van der Waals surface area contributed by atoms with Gasteiger partial charge in [0.2, 0.25) is 17.8 Å². The first-order valence-electron chi connectivity index (χ1n) is 10.2. The molecule has 3 rings (SSSR count). The van der Waals surface area contributed by atoms with Crippen LogP contribution < -0.4 is 15.4 Å². The zero-order chi connectivity index (χ0) is 23.8. The van der Waals surface area contributed by atoms with E-state index in [-0.39, 0.29) is 24.8 Å². The monoisotopic (exact) mass is 476 g/mol. The Morgan fingerprint density at radius 2 is 2.09 bits per heavy atom. The Balaban J connectivity index is 1.37. The molecule has 13 heteroatoms. The highest BCUT2D eigenvalue weighted by atomic mass is 32.1. The third-order valence-corrected chi connectivity index (χ3v) is 5.27. The fourth-order valence-electron chi connectivity index (χ4n) is 2.76. The third kappa shape index (κ3) is 7.49. The average Bonchev–Trinajstić information content (AvgIpc) is 3.38. The Labute approximate surface area is 194 Å². The number of carbonyl (C=O) groups excluding carboxylic acids is 2. The molecule has 0 aliphatic heterocycles. The van der Waals surface area contributed by atoms with Gasteiger partial charge < -0.3 is 20.3 Å². The van der Waals surface area contributed by atoms with Crippen LogP contribution in [0, 0.1) is 19.8 Å². The summed E-state index contributed by atoms with van der Waals surface area (Å²) in [5.74, 6) is -0.920. The van der Waals surface area contributed by atoms with Crippen molar-refractivity contribution in [1.29, 1.82) is 0 Å². The van der Waals surface area contributed by atoms with Gasteiger partial charge in [-0.25, -0.2) is 4.98 Å². The molecule has 0 unspecified atom stereocenters. The van der Waals surface area contributed by atoms with Gasteiger partial charge in [-0.3, -0.25) is 14.3 Å². The summed E-state index contributed by atoms with van der Waals surface area (Å²) in [6.07, 6.45) is 3.26. The Morgan fingerprint density at radius 3 is 2.82 bits per heavy atom. The van der Waals surface area contributed by atoms with Gasteiger partial charge in [-0.2, -0.15) is 9.49 Å². The molecule has 0 saturated heterocycles. The molecule has 11 nitrogen and oxygen atoms in total. The van der Waals surface area contributed by atoms with Crippen molar-refractivity contribution in [3.05, 3.63) is 41.2 Å². The molecule has 0 fully saturated rings. The molecule has 0 atom stereocenters. The predicted octanol–water partition coefficient (Wildman–Crippen LogP) is 1.86. The number of rotatable bonds is 11. The van der Waals surface area contributed by atoms with Crippen molar-refractivity contribution in [3.63, 3.8) is 0 Å². The fraction of sp³-hybridized carbons (Fsp3) is 0.400. The van der Waals surface area contributed by atoms with Crippen LogP contribution >= 0.6 is 11.3 Å². The van der Waals surface area contributed by atoms with Crippen LogP contribution in [0.2, 0.25) is 0 Å². The summed E-state index contributed by atoms with van der Waals surface area (Å²) >= 11 is 1.35. The van der Waals surface area contributed by atoms with Gasteiger partial charge in [-0.05, 0) is 26.0 Å². The van der Waals surface area contributed by atoms with Gasteiger partial charge >= 0.3 is 0 Å². The number of hydrogen-bond acceptors (Lipinski definition) is 9. The van der Waals surface area contributed by atoms with Gasteiger partial charge in [0.05, 0.1) is 29.8 Å². The molecule has 0 radical (unpaired) electrons. The minimum absolute atomic E-state index is 0.0304. The molecule has 0 aliphatic carbocycles. The lowest BCUT2D eigenvalue weighted by atomic mass is 10.3. The lowest BCUT2D eigenvalue weighted by Gasteiger charge is -2.16. The average molecular weight is 477 g/mol. The van der Waals surface area contributed by atoms with E-state index in [4.69, 9.17) is 4.74 Å². The van der Waals surface area contributed by atoms with Crippen LogP contribution in [0.25, 0.3) is 0 Å². The predicted molar refractivity (Wildman–Crippen MR) is 121 cm³/mol. The van der Waals surface area contributed by atoms with Crippen LogP contribution in [0.15, 0.2) is 24.5 Å². The smallest absolute Gasteiger partial charge is 0.294 e. The van der Waals surface area contributed by atoms with Crippen LogP contribution in [0.4, 0.5) is 15.8 Å². The second kappa shape index (κ2) is 11.3. The van der Waals surface area contributed by atoms with Crippen molar-refractivity contribution in [1.82, 2.24) is 29.9 Å². The minimum Gasteiger partial charge on any atom is -0.467 e. The van der Waals surface area contributed by atoms with E-state index < -0.39 is 5.95 Å². The topological polar surface area (TPSA) is 127 Å². The van der Waals surface area contributed by atoms with E-state index in [1.165, 1.54) is 33.2 Å². The number of aryl methyl sites for hydroxylation is 2. The second-order valence-corrected chi connectivity index (χ2v) is 8.31. The van der Waals surface area contributed by atoms with E-state index in [0.717, 1.165) is 5.01 Å². The number of nitrogens with zero attached hydrogens (tertiary/aromatic N) is 6. The summed E-state index contributed by atoms with van der Waals surface area (Å²) in [4.78, 5) is 29.8. The summed E-state index contributed by atoms with van der Waals surface area (Å²) in [7, 11) is 1.68. The maximum atomic E-state index is 13.0. The van der Waals surface area contributed by atoms with Gasteiger partial charge in [-0.1, -0.05) is 11.3 Å². The van der Waals surface area contributed by atoms with E-state index in [9.17, 15) is 14.0 Å². The number of aromatic nitrogens is 5. The SMILES string of the molecule is Cc1nnc(OCCN(C)C(=O)Cn2cc(NC(=O)CCNc3ccc(F)nc3C)cn2)s1. The maximum Gasteiger partial charge on any atom is 0.294 e. The van der Waals surface area contributed by atoms with Crippen molar-refractivity contribution in [2.24, 2.45) is 0 Å². The number of nitrogens with one attached hydrogen (secondary N) is 2.